The molecule has 0 radical (unpaired) electrons. The number of aromatic nitrogens is 3. The number of fused-ring (bicyclic) bond motifs is 1. The molecule has 0 fully saturated rings. The summed E-state index contributed by atoms with van der Waals surface area (Å²) in [7, 11) is 0. The molecule has 0 unspecified atom stereocenters. The van der Waals surface area contributed by atoms with E-state index in [9.17, 15) is 9.90 Å². The lowest BCUT2D eigenvalue weighted by Crippen LogP contribution is -2.00. The Morgan fingerprint density at radius 2 is 1.61 bits per heavy atom. The highest BCUT2D eigenvalue weighted by molar-refractivity contribution is 5.87. The molecule has 0 amide bonds. The minimum Gasteiger partial charge on any atom is -0.476 e. The number of carbonyl (C=O) groups is 1. The number of benzene rings is 3. The van der Waals surface area contributed by atoms with Crippen LogP contribution in [0.5, 0.6) is 11.5 Å². The van der Waals surface area contributed by atoms with E-state index < -0.39 is 5.97 Å². The van der Waals surface area contributed by atoms with Gasteiger partial charge in [-0.3, -0.25) is 0 Å². The maximum atomic E-state index is 11.3. The first kappa shape index (κ1) is 18.6. The number of carboxylic acid groups (broad SMARTS) is 1. The van der Waals surface area contributed by atoms with Gasteiger partial charge in [0.15, 0.2) is 11.3 Å². The van der Waals surface area contributed by atoms with Crippen LogP contribution in [0.3, 0.4) is 0 Å². The first-order chi connectivity index (χ1) is 15.2. The van der Waals surface area contributed by atoms with Crippen LogP contribution in [0, 0.1) is 0 Å². The SMILES string of the molecule is O=C(O)c1cc2nccc(-c3cccc(-c4ccccc4Oc4ccccc4)c3)n2n1. The van der Waals surface area contributed by atoms with Gasteiger partial charge in [0.1, 0.15) is 11.5 Å². The zero-order chi connectivity index (χ0) is 21.2. The summed E-state index contributed by atoms with van der Waals surface area (Å²) in [6, 6.07) is 28.7. The molecule has 2 aromatic heterocycles. The minimum absolute atomic E-state index is 0.0438. The third-order valence-electron chi connectivity index (χ3n) is 4.90. The predicted molar refractivity (Wildman–Crippen MR) is 117 cm³/mol. The van der Waals surface area contributed by atoms with Crippen LogP contribution in [0.1, 0.15) is 10.5 Å². The van der Waals surface area contributed by atoms with Gasteiger partial charge < -0.3 is 9.84 Å². The van der Waals surface area contributed by atoms with Gasteiger partial charge in [-0.25, -0.2) is 14.3 Å². The van der Waals surface area contributed by atoms with Crippen LogP contribution in [0.15, 0.2) is 97.2 Å². The van der Waals surface area contributed by atoms with Crippen LogP contribution in [-0.4, -0.2) is 25.7 Å². The van der Waals surface area contributed by atoms with E-state index in [1.54, 1.807) is 10.7 Å². The third kappa shape index (κ3) is 3.62. The standard InChI is InChI=1S/C25H17N3O3/c29-25(30)21-16-24-26-14-13-22(28(24)27-21)18-8-6-7-17(15-18)20-11-4-5-12-23(20)31-19-9-2-1-3-10-19/h1-16H,(H,29,30). The maximum Gasteiger partial charge on any atom is 0.356 e. The number of nitrogens with zero attached hydrogens (tertiary/aromatic N) is 3. The van der Waals surface area contributed by atoms with Gasteiger partial charge in [-0.2, -0.15) is 5.10 Å². The van der Waals surface area contributed by atoms with Crippen molar-refractivity contribution >= 4 is 11.6 Å². The number of para-hydroxylation sites is 2. The van der Waals surface area contributed by atoms with Crippen molar-refractivity contribution in [1.82, 2.24) is 14.6 Å². The van der Waals surface area contributed by atoms with E-state index in [0.29, 0.717) is 5.65 Å². The van der Waals surface area contributed by atoms with E-state index in [1.165, 1.54) is 6.07 Å². The molecule has 150 valence electrons. The Morgan fingerprint density at radius 1 is 0.839 bits per heavy atom. The Bertz CT molecular complexity index is 1390. The normalized spacial score (nSPS) is 10.8. The van der Waals surface area contributed by atoms with Crippen LogP contribution in [0.2, 0.25) is 0 Å². The summed E-state index contributed by atoms with van der Waals surface area (Å²) >= 11 is 0. The van der Waals surface area contributed by atoms with Crippen LogP contribution >= 0.6 is 0 Å². The molecule has 3 aromatic carbocycles. The molecule has 6 nitrogen and oxygen atoms in total. The van der Waals surface area contributed by atoms with Gasteiger partial charge in [0, 0.05) is 23.4 Å². The fourth-order valence-electron chi connectivity index (χ4n) is 3.47. The van der Waals surface area contributed by atoms with Crippen LogP contribution in [0.4, 0.5) is 0 Å². The summed E-state index contributed by atoms with van der Waals surface area (Å²) in [4.78, 5) is 15.6. The number of hydrogen-bond donors (Lipinski definition) is 1. The molecule has 0 aliphatic rings. The lowest BCUT2D eigenvalue weighted by molar-refractivity contribution is 0.0690. The molecular weight excluding hydrogens is 390 g/mol. The van der Waals surface area contributed by atoms with E-state index >= 15 is 0 Å². The predicted octanol–water partition coefficient (Wildman–Crippen LogP) is 5.55. The fraction of sp³-hybridized carbons (Fsp3) is 0. The molecule has 0 saturated heterocycles. The van der Waals surface area contributed by atoms with Gasteiger partial charge in [0.05, 0.1) is 5.69 Å². The topological polar surface area (TPSA) is 76.7 Å². The molecule has 5 aromatic rings. The lowest BCUT2D eigenvalue weighted by atomic mass is 10.0. The summed E-state index contributed by atoms with van der Waals surface area (Å²) in [6.45, 7) is 0. The van der Waals surface area contributed by atoms with Crippen molar-refractivity contribution in [1.29, 1.82) is 0 Å². The molecule has 0 aliphatic heterocycles. The van der Waals surface area contributed by atoms with E-state index in [2.05, 4.69) is 10.1 Å². The van der Waals surface area contributed by atoms with Crippen LogP contribution in [-0.2, 0) is 0 Å². The zero-order valence-corrected chi connectivity index (χ0v) is 16.3. The molecule has 1 N–H and O–H groups in total. The maximum absolute atomic E-state index is 11.3. The first-order valence-corrected chi connectivity index (χ1v) is 9.70. The van der Waals surface area contributed by atoms with Crippen molar-refractivity contribution < 1.29 is 14.6 Å². The van der Waals surface area contributed by atoms with Gasteiger partial charge in [0.2, 0.25) is 0 Å². The lowest BCUT2D eigenvalue weighted by Gasteiger charge is -2.12. The average molecular weight is 407 g/mol. The summed E-state index contributed by atoms with van der Waals surface area (Å²) in [5.74, 6) is 0.426. The van der Waals surface area contributed by atoms with Crippen molar-refractivity contribution in [3.63, 3.8) is 0 Å². The molecule has 5 rings (SSSR count). The number of carboxylic acids is 1. The van der Waals surface area contributed by atoms with E-state index in [4.69, 9.17) is 4.74 Å². The second-order valence-electron chi connectivity index (χ2n) is 6.93. The molecule has 0 bridgehead atoms. The van der Waals surface area contributed by atoms with Crippen LogP contribution in [0.25, 0.3) is 28.0 Å². The first-order valence-electron chi connectivity index (χ1n) is 9.70. The molecule has 0 atom stereocenters. The van der Waals surface area contributed by atoms with E-state index in [1.807, 2.05) is 84.9 Å². The third-order valence-corrected chi connectivity index (χ3v) is 4.90. The summed E-state index contributed by atoms with van der Waals surface area (Å²) in [5.41, 5.74) is 4.00. The molecule has 31 heavy (non-hydrogen) atoms. The highest BCUT2D eigenvalue weighted by Gasteiger charge is 2.14. The fourth-order valence-corrected chi connectivity index (χ4v) is 3.47. The highest BCUT2D eigenvalue weighted by atomic mass is 16.5. The Balaban J connectivity index is 1.58. The van der Waals surface area contributed by atoms with Gasteiger partial charge in [-0.15, -0.1) is 0 Å². The van der Waals surface area contributed by atoms with Gasteiger partial charge in [-0.1, -0.05) is 54.6 Å². The number of rotatable bonds is 5. The van der Waals surface area contributed by atoms with Gasteiger partial charge >= 0.3 is 5.97 Å². The van der Waals surface area contributed by atoms with Crippen molar-refractivity contribution in [2.75, 3.05) is 0 Å². The zero-order valence-electron chi connectivity index (χ0n) is 16.3. The monoisotopic (exact) mass is 407 g/mol. The molecule has 0 aliphatic carbocycles. The van der Waals surface area contributed by atoms with Crippen molar-refractivity contribution in [3.8, 4) is 33.9 Å². The second kappa shape index (κ2) is 7.76. The van der Waals surface area contributed by atoms with E-state index in [-0.39, 0.29) is 5.69 Å². The summed E-state index contributed by atoms with van der Waals surface area (Å²) in [6.07, 6.45) is 1.65. The number of ether oxygens (including phenoxy) is 1. The van der Waals surface area contributed by atoms with Gasteiger partial charge in [0.25, 0.3) is 0 Å². The Labute approximate surface area is 178 Å². The van der Waals surface area contributed by atoms with Crippen molar-refractivity contribution in [2.24, 2.45) is 0 Å². The molecule has 2 heterocycles. The Kier molecular flexibility index (Phi) is 4.65. The largest absolute Gasteiger partial charge is 0.476 e. The summed E-state index contributed by atoms with van der Waals surface area (Å²) < 4.78 is 7.67. The molecule has 6 heteroatoms. The number of hydrogen-bond acceptors (Lipinski definition) is 4. The summed E-state index contributed by atoms with van der Waals surface area (Å²) in [5, 5.41) is 13.5. The number of aromatic carboxylic acids is 1. The quantitative estimate of drug-likeness (QED) is 0.413. The second-order valence-corrected chi connectivity index (χ2v) is 6.93. The highest BCUT2D eigenvalue weighted by Crippen LogP contribution is 2.35. The van der Waals surface area contributed by atoms with Gasteiger partial charge in [-0.05, 0) is 35.9 Å². The van der Waals surface area contributed by atoms with Crippen molar-refractivity contribution in [2.45, 2.75) is 0 Å². The molecule has 0 spiro atoms. The van der Waals surface area contributed by atoms with Crippen molar-refractivity contribution in [3.05, 3.63) is 103 Å². The Morgan fingerprint density at radius 3 is 2.45 bits per heavy atom. The average Bonchev–Trinajstić information content (AvgIpc) is 3.25. The molecule has 0 saturated carbocycles. The molecular formula is C25H17N3O3. The Hall–Kier alpha value is -4.45. The van der Waals surface area contributed by atoms with E-state index in [0.717, 1.165) is 33.9 Å². The minimum atomic E-state index is -1.09. The van der Waals surface area contributed by atoms with Crippen LogP contribution < -0.4 is 4.74 Å². The smallest absolute Gasteiger partial charge is 0.356 e.